The zero-order valence-corrected chi connectivity index (χ0v) is 17.3. The standard InChI is InChI=1S/C22H17N7OS/c1-3-15-12-31-22-26-17(18(29(15)22)14-8-5-4-6-9-14)13(2)25-21(30)16-19(23)27-28-11-7-10-24-20(16)28/h1,4-13H,2H3,(H2,23,27)(H,25,30)/t13-/m0/s1. The van der Waals surface area contributed by atoms with Gasteiger partial charge < -0.3 is 11.1 Å². The summed E-state index contributed by atoms with van der Waals surface area (Å²) in [7, 11) is 0. The van der Waals surface area contributed by atoms with Crippen LogP contribution < -0.4 is 11.1 Å². The Morgan fingerprint density at radius 2 is 2.10 bits per heavy atom. The third-order valence-corrected chi connectivity index (χ3v) is 5.82. The summed E-state index contributed by atoms with van der Waals surface area (Å²) in [4.78, 5) is 22.9. The van der Waals surface area contributed by atoms with E-state index in [0.717, 1.165) is 16.2 Å². The molecule has 0 fully saturated rings. The van der Waals surface area contributed by atoms with Gasteiger partial charge in [-0.15, -0.1) is 22.9 Å². The van der Waals surface area contributed by atoms with Crippen molar-refractivity contribution in [1.29, 1.82) is 0 Å². The molecule has 0 saturated heterocycles. The van der Waals surface area contributed by atoms with Gasteiger partial charge in [0, 0.05) is 23.3 Å². The number of nitrogens with two attached hydrogens (primary N) is 1. The second-order valence-corrected chi connectivity index (χ2v) is 7.77. The summed E-state index contributed by atoms with van der Waals surface area (Å²) in [6.07, 6.45) is 9.00. The number of thiazole rings is 1. The number of nitrogen functional groups attached to an aromatic ring is 1. The van der Waals surface area contributed by atoms with E-state index in [2.05, 4.69) is 21.3 Å². The van der Waals surface area contributed by atoms with Gasteiger partial charge >= 0.3 is 0 Å². The van der Waals surface area contributed by atoms with Crippen LogP contribution in [-0.2, 0) is 0 Å². The van der Waals surface area contributed by atoms with Gasteiger partial charge in [-0.1, -0.05) is 36.3 Å². The van der Waals surface area contributed by atoms with Gasteiger partial charge in [-0.3, -0.25) is 9.20 Å². The quantitative estimate of drug-likeness (QED) is 0.429. The molecule has 4 aromatic heterocycles. The van der Waals surface area contributed by atoms with Crippen LogP contribution >= 0.6 is 11.3 Å². The van der Waals surface area contributed by atoms with Crippen LogP contribution in [0.25, 0.3) is 21.9 Å². The van der Waals surface area contributed by atoms with Gasteiger partial charge in [0.25, 0.3) is 5.91 Å². The van der Waals surface area contributed by atoms with Crippen molar-refractivity contribution in [2.24, 2.45) is 0 Å². The molecule has 5 rings (SSSR count). The van der Waals surface area contributed by atoms with Crippen LogP contribution in [0.3, 0.4) is 0 Å². The lowest BCUT2D eigenvalue weighted by molar-refractivity contribution is 0.0941. The second kappa shape index (κ2) is 7.27. The largest absolute Gasteiger partial charge is 0.381 e. The molecule has 152 valence electrons. The number of hydrogen-bond acceptors (Lipinski definition) is 6. The Hall–Kier alpha value is -4.16. The molecular formula is C22H17N7OS. The molecule has 9 heteroatoms. The molecule has 0 aliphatic heterocycles. The number of terminal acetylenes is 1. The molecule has 0 aliphatic carbocycles. The van der Waals surface area contributed by atoms with E-state index < -0.39 is 6.04 Å². The lowest BCUT2D eigenvalue weighted by Crippen LogP contribution is -2.28. The molecule has 0 spiro atoms. The number of carbonyl (C=O) groups excluding carboxylic acids is 1. The Balaban J connectivity index is 1.58. The van der Waals surface area contributed by atoms with Crippen molar-refractivity contribution in [2.45, 2.75) is 13.0 Å². The Bertz CT molecular complexity index is 1470. The minimum absolute atomic E-state index is 0.118. The fraction of sp³-hybridized carbons (Fsp3) is 0.0909. The van der Waals surface area contributed by atoms with E-state index in [4.69, 9.17) is 17.1 Å². The summed E-state index contributed by atoms with van der Waals surface area (Å²) in [5, 5.41) is 9.05. The van der Waals surface area contributed by atoms with Crippen LogP contribution in [0.2, 0.25) is 0 Å². The molecule has 4 heterocycles. The third kappa shape index (κ3) is 3.01. The van der Waals surface area contributed by atoms with Gasteiger partial charge in [-0.2, -0.15) is 0 Å². The molecule has 5 aromatic rings. The normalized spacial score (nSPS) is 12.1. The van der Waals surface area contributed by atoms with Crippen LogP contribution in [0.1, 0.15) is 34.7 Å². The highest BCUT2D eigenvalue weighted by Gasteiger charge is 2.26. The van der Waals surface area contributed by atoms with E-state index in [1.165, 1.54) is 15.9 Å². The van der Waals surface area contributed by atoms with Crippen molar-refractivity contribution in [1.82, 2.24) is 29.3 Å². The summed E-state index contributed by atoms with van der Waals surface area (Å²) in [5.41, 5.74) is 9.87. The highest BCUT2D eigenvalue weighted by Crippen LogP contribution is 2.33. The number of carbonyl (C=O) groups is 1. The van der Waals surface area contributed by atoms with Crippen molar-refractivity contribution < 1.29 is 4.79 Å². The molecule has 1 amide bonds. The molecule has 1 atom stereocenters. The van der Waals surface area contributed by atoms with E-state index in [1.807, 2.05) is 47.0 Å². The van der Waals surface area contributed by atoms with Gasteiger partial charge in [-0.25, -0.2) is 14.5 Å². The van der Waals surface area contributed by atoms with Gasteiger partial charge in [0.15, 0.2) is 16.4 Å². The lowest BCUT2D eigenvalue weighted by Gasteiger charge is -2.14. The van der Waals surface area contributed by atoms with Crippen molar-refractivity contribution in [3.63, 3.8) is 0 Å². The average molecular weight is 427 g/mol. The summed E-state index contributed by atoms with van der Waals surface area (Å²) in [6, 6.07) is 11.1. The minimum Gasteiger partial charge on any atom is -0.381 e. The topological polar surface area (TPSA) is 103 Å². The van der Waals surface area contributed by atoms with Crippen molar-refractivity contribution in [2.75, 3.05) is 5.73 Å². The maximum Gasteiger partial charge on any atom is 0.259 e. The lowest BCUT2D eigenvalue weighted by atomic mass is 10.1. The SMILES string of the molecule is C#Cc1csc2nc([C@H](C)NC(=O)c3c(N)nn4cccnc34)c(-c3ccccc3)n12. The number of amides is 1. The zero-order valence-electron chi connectivity index (χ0n) is 16.5. The molecule has 0 saturated carbocycles. The van der Waals surface area contributed by atoms with E-state index in [0.29, 0.717) is 17.0 Å². The minimum atomic E-state index is -0.418. The summed E-state index contributed by atoms with van der Waals surface area (Å²) >= 11 is 1.46. The number of hydrogen-bond donors (Lipinski definition) is 2. The van der Waals surface area contributed by atoms with Crippen LogP contribution in [0, 0.1) is 12.3 Å². The summed E-state index contributed by atoms with van der Waals surface area (Å²) < 4.78 is 3.43. The van der Waals surface area contributed by atoms with Crippen LogP contribution in [-0.4, -0.2) is 29.9 Å². The molecule has 8 nitrogen and oxygen atoms in total. The fourth-order valence-electron chi connectivity index (χ4n) is 3.61. The third-order valence-electron chi connectivity index (χ3n) is 4.99. The Morgan fingerprint density at radius 1 is 1.29 bits per heavy atom. The van der Waals surface area contributed by atoms with E-state index in [1.54, 1.807) is 18.5 Å². The molecule has 3 N–H and O–H groups in total. The first-order chi connectivity index (χ1) is 15.1. The zero-order chi connectivity index (χ0) is 21.5. The Labute approximate surface area is 181 Å². The number of rotatable bonds is 4. The van der Waals surface area contributed by atoms with Crippen molar-refractivity contribution in [3.05, 3.63) is 71.1 Å². The maximum absolute atomic E-state index is 13.1. The number of fused-ring (bicyclic) bond motifs is 2. The van der Waals surface area contributed by atoms with Gasteiger partial charge in [0.1, 0.15) is 11.3 Å². The second-order valence-electron chi connectivity index (χ2n) is 6.94. The van der Waals surface area contributed by atoms with Gasteiger partial charge in [-0.05, 0) is 13.0 Å². The molecule has 1 aromatic carbocycles. The Kier molecular flexibility index (Phi) is 4.42. The molecule has 0 radical (unpaired) electrons. The highest BCUT2D eigenvalue weighted by atomic mass is 32.1. The number of imidazole rings is 1. The van der Waals surface area contributed by atoms with E-state index >= 15 is 0 Å². The van der Waals surface area contributed by atoms with E-state index in [-0.39, 0.29) is 17.3 Å². The first kappa shape index (κ1) is 18.8. The van der Waals surface area contributed by atoms with E-state index in [9.17, 15) is 4.79 Å². The number of benzene rings is 1. The molecule has 0 bridgehead atoms. The van der Waals surface area contributed by atoms with Gasteiger partial charge in [0.05, 0.1) is 17.4 Å². The van der Waals surface area contributed by atoms with Crippen molar-refractivity contribution in [3.8, 4) is 23.6 Å². The fourth-order valence-corrected chi connectivity index (χ4v) is 4.45. The van der Waals surface area contributed by atoms with Crippen LogP contribution in [0.15, 0.2) is 54.2 Å². The van der Waals surface area contributed by atoms with Crippen molar-refractivity contribution >= 4 is 33.7 Å². The van der Waals surface area contributed by atoms with Crippen LogP contribution in [0.5, 0.6) is 0 Å². The Morgan fingerprint density at radius 3 is 2.87 bits per heavy atom. The number of nitrogens with one attached hydrogen (secondary N) is 1. The molecular weight excluding hydrogens is 410 g/mol. The highest BCUT2D eigenvalue weighted by molar-refractivity contribution is 7.15. The molecule has 31 heavy (non-hydrogen) atoms. The monoisotopic (exact) mass is 427 g/mol. The molecule has 0 unspecified atom stereocenters. The van der Waals surface area contributed by atoms with Gasteiger partial charge in [0.2, 0.25) is 0 Å². The maximum atomic E-state index is 13.1. The molecule has 0 aliphatic rings. The summed E-state index contributed by atoms with van der Waals surface area (Å²) in [6.45, 7) is 1.88. The average Bonchev–Trinajstić information content (AvgIpc) is 3.44. The van der Waals surface area contributed by atoms with Crippen LogP contribution in [0.4, 0.5) is 5.82 Å². The number of nitrogens with zero attached hydrogens (tertiary/aromatic N) is 5. The number of aromatic nitrogens is 5. The first-order valence-electron chi connectivity index (χ1n) is 9.50. The predicted octanol–water partition coefficient (Wildman–Crippen LogP) is 3.16. The first-order valence-corrected chi connectivity index (χ1v) is 10.4. The number of anilines is 1. The predicted molar refractivity (Wildman–Crippen MR) is 120 cm³/mol. The summed E-state index contributed by atoms with van der Waals surface area (Å²) in [5.74, 6) is 2.46. The smallest absolute Gasteiger partial charge is 0.259 e.